The topological polar surface area (TPSA) is 69.6 Å². The van der Waals surface area contributed by atoms with Gasteiger partial charge in [-0.2, -0.15) is 13.2 Å². The molecular formula is C11H11ClF3N5. The molecule has 108 valence electrons. The maximum atomic E-state index is 12.4. The molecule has 0 aliphatic carbocycles. The minimum atomic E-state index is -4.30. The Balaban J connectivity index is 2.40. The molecule has 2 N–H and O–H groups in total. The Morgan fingerprint density at radius 1 is 1.40 bits per heavy atom. The quantitative estimate of drug-likeness (QED) is 0.885. The van der Waals surface area contributed by atoms with Crippen LogP contribution in [0.25, 0.3) is 11.4 Å². The third-order valence-electron chi connectivity index (χ3n) is 2.69. The second kappa shape index (κ2) is 5.28. The van der Waals surface area contributed by atoms with E-state index in [1.165, 1.54) is 13.0 Å². The number of benzene rings is 1. The lowest BCUT2D eigenvalue weighted by atomic mass is 10.1. The van der Waals surface area contributed by atoms with Gasteiger partial charge in [-0.25, -0.2) is 4.68 Å². The zero-order chi connectivity index (χ0) is 14.9. The molecule has 5 nitrogen and oxygen atoms in total. The van der Waals surface area contributed by atoms with Gasteiger partial charge in [-0.05, 0) is 35.5 Å². The second-order valence-electron chi connectivity index (χ2n) is 4.35. The first-order chi connectivity index (χ1) is 9.28. The van der Waals surface area contributed by atoms with E-state index < -0.39 is 18.6 Å². The Morgan fingerprint density at radius 3 is 2.75 bits per heavy atom. The van der Waals surface area contributed by atoms with Crippen LogP contribution in [0.3, 0.4) is 0 Å². The molecule has 20 heavy (non-hydrogen) atoms. The minimum Gasteiger partial charge on any atom is -0.398 e. The molecule has 1 heterocycles. The summed E-state index contributed by atoms with van der Waals surface area (Å²) >= 11 is 5.86. The Bertz CT molecular complexity index is 610. The lowest BCUT2D eigenvalue weighted by Gasteiger charge is -2.16. The molecule has 0 aliphatic heterocycles. The molecule has 0 bridgehead atoms. The van der Waals surface area contributed by atoms with Crippen molar-refractivity contribution in [1.29, 1.82) is 0 Å². The zero-order valence-corrected chi connectivity index (χ0v) is 11.2. The SMILES string of the molecule is CC(CC(F)(F)F)n1nnnc1-c1cc(Cl)ccc1N. The molecule has 2 rings (SSSR count). The van der Waals surface area contributed by atoms with Crippen molar-refractivity contribution in [2.75, 3.05) is 5.73 Å². The smallest absolute Gasteiger partial charge is 0.391 e. The summed E-state index contributed by atoms with van der Waals surface area (Å²) in [6, 6.07) is 3.69. The number of nitrogen functional groups attached to an aromatic ring is 1. The number of nitrogens with zero attached hydrogens (tertiary/aromatic N) is 4. The minimum absolute atomic E-state index is 0.154. The highest BCUT2D eigenvalue weighted by Gasteiger charge is 2.32. The molecule has 0 radical (unpaired) electrons. The Labute approximate surface area is 117 Å². The van der Waals surface area contributed by atoms with Crippen LogP contribution in [0.5, 0.6) is 0 Å². The van der Waals surface area contributed by atoms with Crippen molar-refractivity contribution in [1.82, 2.24) is 20.2 Å². The molecule has 1 aromatic heterocycles. The van der Waals surface area contributed by atoms with E-state index in [0.717, 1.165) is 4.68 Å². The maximum Gasteiger partial charge on any atom is 0.391 e. The van der Waals surface area contributed by atoms with Crippen molar-refractivity contribution in [2.45, 2.75) is 25.6 Å². The number of anilines is 1. The molecule has 0 amide bonds. The van der Waals surface area contributed by atoms with E-state index in [0.29, 0.717) is 16.3 Å². The van der Waals surface area contributed by atoms with Crippen molar-refractivity contribution >= 4 is 17.3 Å². The van der Waals surface area contributed by atoms with Gasteiger partial charge in [0, 0.05) is 16.3 Å². The molecule has 2 aromatic rings. The van der Waals surface area contributed by atoms with E-state index >= 15 is 0 Å². The van der Waals surface area contributed by atoms with E-state index in [1.54, 1.807) is 12.1 Å². The fraction of sp³-hybridized carbons (Fsp3) is 0.364. The number of hydrogen-bond donors (Lipinski definition) is 1. The van der Waals surface area contributed by atoms with Gasteiger partial charge in [0.2, 0.25) is 0 Å². The predicted octanol–water partition coefficient (Wildman–Crippen LogP) is 3.09. The highest BCUT2D eigenvalue weighted by Crippen LogP contribution is 2.32. The maximum absolute atomic E-state index is 12.4. The molecule has 0 saturated heterocycles. The van der Waals surface area contributed by atoms with E-state index in [9.17, 15) is 13.2 Å². The average Bonchev–Trinajstić information content (AvgIpc) is 2.79. The van der Waals surface area contributed by atoms with Gasteiger partial charge in [0.15, 0.2) is 5.82 Å². The summed E-state index contributed by atoms with van der Waals surface area (Å²) < 4.78 is 38.4. The molecule has 9 heteroatoms. The van der Waals surface area contributed by atoms with Crippen molar-refractivity contribution in [2.24, 2.45) is 0 Å². The first-order valence-electron chi connectivity index (χ1n) is 5.68. The lowest BCUT2D eigenvalue weighted by molar-refractivity contribution is -0.142. The third-order valence-corrected chi connectivity index (χ3v) is 2.93. The van der Waals surface area contributed by atoms with Gasteiger partial charge < -0.3 is 5.73 Å². The Hall–Kier alpha value is -1.83. The van der Waals surface area contributed by atoms with Crippen LogP contribution in [0, 0.1) is 0 Å². The number of nitrogens with two attached hydrogens (primary N) is 1. The first kappa shape index (κ1) is 14.6. The van der Waals surface area contributed by atoms with Crippen LogP contribution in [0.15, 0.2) is 18.2 Å². The van der Waals surface area contributed by atoms with E-state index in [4.69, 9.17) is 17.3 Å². The molecule has 0 spiro atoms. The van der Waals surface area contributed by atoms with Crippen LogP contribution < -0.4 is 5.73 Å². The summed E-state index contributed by atoms with van der Waals surface area (Å²) in [5.74, 6) is 0.154. The molecule has 1 atom stereocenters. The summed E-state index contributed by atoms with van der Waals surface area (Å²) in [4.78, 5) is 0. The van der Waals surface area contributed by atoms with Gasteiger partial charge in [-0.1, -0.05) is 11.6 Å². The van der Waals surface area contributed by atoms with Crippen LogP contribution in [0.1, 0.15) is 19.4 Å². The summed E-state index contributed by atoms with van der Waals surface area (Å²) in [6.07, 6.45) is -5.34. The molecule has 0 saturated carbocycles. The molecule has 1 unspecified atom stereocenters. The highest BCUT2D eigenvalue weighted by molar-refractivity contribution is 6.31. The highest BCUT2D eigenvalue weighted by atomic mass is 35.5. The van der Waals surface area contributed by atoms with Gasteiger partial charge in [-0.15, -0.1) is 5.10 Å². The summed E-state index contributed by atoms with van der Waals surface area (Å²) in [7, 11) is 0. The molecule has 1 aromatic carbocycles. The normalized spacial score (nSPS) is 13.4. The third kappa shape index (κ3) is 3.19. The Morgan fingerprint density at radius 2 is 2.10 bits per heavy atom. The van der Waals surface area contributed by atoms with E-state index in [2.05, 4.69) is 15.5 Å². The van der Waals surface area contributed by atoms with Crippen LogP contribution in [-0.2, 0) is 0 Å². The lowest BCUT2D eigenvalue weighted by Crippen LogP contribution is -2.18. The summed E-state index contributed by atoms with van der Waals surface area (Å²) in [5, 5.41) is 11.2. The number of halogens is 4. The average molecular weight is 306 g/mol. The van der Waals surface area contributed by atoms with Crippen LogP contribution in [0.4, 0.5) is 18.9 Å². The molecule has 0 fully saturated rings. The van der Waals surface area contributed by atoms with E-state index in [1.807, 2.05) is 0 Å². The van der Waals surface area contributed by atoms with Crippen LogP contribution in [-0.4, -0.2) is 26.4 Å². The Kier molecular flexibility index (Phi) is 3.85. The van der Waals surface area contributed by atoms with Gasteiger partial charge >= 0.3 is 6.18 Å². The van der Waals surface area contributed by atoms with Gasteiger partial charge in [0.1, 0.15) is 0 Å². The number of aromatic nitrogens is 4. The number of alkyl halides is 3. The first-order valence-corrected chi connectivity index (χ1v) is 6.06. The number of rotatable bonds is 3. The largest absolute Gasteiger partial charge is 0.398 e. The number of hydrogen-bond acceptors (Lipinski definition) is 4. The van der Waals surface area contributed by atoms with Crippen molar-refractivity contribution in [3.05, 3.63) is 23.2 Å². The van der Waals surface area contributed by atoms with E-state index in [-0.39, 0.29) is 5.82 Å². The van der Waals surface area contributed by atoms with Gasteiger partial charge in [0.25, 0.3) is 0 Å². The van der Waals surface area contributed by atoms with Gasteiger partial charge in [0.05, 0.1) is 12.5 Å². The summed E-state index contributed by atoms with van der Waals surface area (Å²) in [5.41, 5.74) is 6.52. The van der Waals surface area contributed by atoms with Gasteiger partial charge in [-0.3, -0.25) is 0 Å². The van der Waals surface area contributed by atoms with Crippen LogP contribution >= 0.6 is 11.6 Å². The van der Waals surface area contributed by atoms with Crippen molar-refractivity contribution in [3.63, 3.8) is 0 Å². The summed E-state index contributed by atoms with van der Waals surface area (Å²) in [6.45, 7) is 1.38. The fourth-order valence-corrected chi connectivity index (χ4v) is 1.98. The fourth-order valence-electron chi connectivity index (χ4n) is 1.81. The molecular weight excluding hydrogens is 295 g/mol. The second-order valence-corrected chi connectivity index (χ2v) is 4.78. The standard InChI is InChI=1S/C11H11ClF3N5/c1-6(5-11(13,14)15)20-10(17-18-19-20)8-4-7(12)2-3-9(8)16/h2-4,6H,5,16H2,1H3. The van der Waals surface area contributed by atoms with Crippen LogP contribution in [0.2, 0.25) is 5.02 Å². The van der Waals surface area contributed by atoms with Crippen molar-refractivity contribution in [3.8, 4) is 11.4 Å². The number of tetrazole rings is 1. The molecule has 0 aliphatic rings. The zero-order valence-electron chi connectivity index (χ0n) is 10.4. The predicted molar refractivity (Wildman–Crippen MR) is 68.1 cm³/mol. The van der Waals surface area contributed by atoms with Crippen molar-refractivity contribution < 1.29 is 13.2 Å². The monoisotopic (exact) mass is 305 g/mol.